The zero-order valence-corrected chi connectivity index (χ0v) is 17.1. The summed E-state index contributed by atoms with van der Waals surface area (Å²) in [5.41, 5.74) is 0.361. The number of hydrogen-bond donors (Lipinski definition) is 2. The van der Waals surface area contributed by atoms with Gasteiger partial charge in [-0.05, 0) is 75.3 Å². The summed E-state index contributed by atoms with van der Waals surface area (Å²) in [7, 11) is 0. The molecule has 4 saturated carbocycles. The Kier molecular flexibility index (Phi) is 5.50. The smallest absolute Gasteiger partial charge is 0.328 e. The van der Waals surface area contributed by atoms with Crippen molar-refractivity contribution in [1.82, 2.24) is 5.32 Å². The third-order valence-electron chi connectivity index (χ3n) is 6.89. The van der Waals surface area contributed by atoms with Crippen LogP contribution in [0.2, 0.25) is 0 Å². The van der Waals surface area contributed by atoms with Crippen LogP contribution >= 0.6 is 0 Å². The molecule has 0 aromatic heterocycles. The molecule has 4 aliphatic rings. The number of amides is 2. The number of para-hydroxylation sites is 1. The Hall–Kier alpha value is -2.88. The molecule has 1 aromatic carbocycles. The molecule has 1 atom stereocenters. The van der Waals surface area contributed by atoms with Crippen molar-refractivity contribution in [3.8, 4) is 6.07 Å². The monoisotopic (exact) mass is 409 g/mol. The van der Waals surface area contributed by atoms with Gasteiger partial charge >= 0.3 is 5.97 Å². The molecule has 0 radical (unpaired) electrons. The van der Waals surface area contributed by atoms with Crippen LogP contribution in [-0.2, 0) is 19.1 Å². The summed E-state index contributed by atoms with van der Waals surface area (Å²) in [6.45, 7) is 1.11. The van der Waals surface area contributed by atoms with Crippen molar-refractivity contribution in [2.24, 2.45) is 23.2 Å². The Balaban J connectivity index is 1.27. The van der Waals surface area contributed by atoms with Gasteiger partial charge in [0.2, 0.25) is 5.91 Å². The minimum atomic E-state index is -0.815. The van der Waals surface area contributed by atoms with Crippen molar-refractivity contribution in [3.05, 3.63) is 29.8 Å². The highest BCUT2D eigenvalue weighted by Gasteiger charge is 2.54. The predicted octanol–water partition coefficient (Wildman–Crippen LogP) is 2.76. The number of ether oxygens (including phenoxy) is 1. The highest BCUT2D eigenvalue weighted by Crippen LogP contribution is 2.60. The lowest BCUT2D eigenvalue weighted by Gasteiger charge is -2.55. The van der Waals surface area contributed by atoms with Crippen LogP contribution in [0.4, 0.5) is 5.69 Å². The Morgan fingerprint density at radius 3 is 2.33 bits per heavy atom. The molecule has 1 aromatic rings. The topological polar surface area (TPSA) is 108 Å². The van der Waals surface area contributed by atoms with E-state index in [-0.39, 0.29) is 11.3 Å². The quantitative estimate of drug-likeness (QED) is 0.703. The summed E-state index contributed by atoms with van der Waals surface area (Å²) >= 11 is 0. The Morgan fingerprint density at radius 2 is 1.73 bits per heavy atom. The van der Waals surface area contributed by atoms with Crippen LogP contribution in [0.1, 0.15) is 51.0 Å². The molecule has 158 valence electrons. The van der Waals surface area contributed by atoms with Gasteiger partial charge in [-0.3, -0.25) is 9.59 Å². The van der Waals surface area contributed by atoms with Gasteiger partial charge in [0.25, 0.3) is 5.91 Å². The average Bonchev–Trinajstić information content (AvgIpc) is 2.71. The molecule has 0 spiro atoms. The van der Waals surface area contributed by atoms with E-state index in [4.69, 9.17) is 10.00 Å². The molecule has 7 heteroatoms. The Bertz CT molecular complexity index is 869. The molecular weight excluding hydrogens is 382 g/mol. The van der Waals surface area contributed by atoms with Gasteiger partial charge in [-0.15, -0.1) is 0 Å². The fourth-order valence-electron chi connectivity index (χ4n) is 5.93. The maximum absolute atomic E-state index is 13.0. The zero-order valence-electron chi connectivity index (χ0n) is 17.1. The number of anilines is 1. The number of hydrogen-bond acceptors (Lipinski definition) is 5. The van der Waals surface area contributed by atoms with Crippen LogP contribution in [0.5, 0.6) is 0 Å². The first-order valence-electron chi connectivity index (χ1n) is 10.6. The largest absolute Gasteiger partial charge is 0.454 e. The van der Waals surface area contributed by atoms with E-state index >= 15 is 0 Å². The normalized spacial score (nSPS) is 29.5. The van der Waals surface area contributed by atoms with Crippen molar-refractivity contribution in [3.63, 3.8) is 0 Å². The third kappa shape index (κ3) is 4.04. The number of carbonyl (C=O) groups is 3. The van der Waals surface area contributed by atoms with Gasteiger partial charge in [0.15, 0.2) is 6.61 Å². The number of esters is 1. The van der Waals surface area contributed by atoms with Gasteiger partial charge in [0.05, 0.1) is 11.3 Å². The fraction of sp³-hybridized carbons (Fsp3) is 0.565. The van der Waals surface area contributed by atoms with Gasteiger partial charge in [-0.2, -0.15) is 5.26 Å². The maximum Gasteiger partial charge on any atom is 0.328 e. The van der Waals surface area contributed by atoms with Crippen LogP contribution in [0, 0.1) is 34.5 Å². The maximum atomic E-state index is 13.0. The SMILES string of the molecule is C[C@H](NC(=O)C12CC3CC(CC(C3)C1)C2)C(=O)OCC(=O)Nc1ccccc1C#N. The molecule has 7 nitrogen and oxygen atoms in total. The molecule has 0 aliphatic heterocycles. The highest BCUT2D eigenvalue weighted by molar-refractivity contribution is 5.94. The first-order valence-corrected chi connectivity index (χ1v) is 10.6. The van der Waals surface area contributed by atoms with Crippen molar-refractivity contribution in [1.29, 1.82) is 5.26 Å². The first kappa shape index (κ1) is 20.4. The summed E-state index contributed by atoms with van der Waals surface area (Å²) in [6, 6.07) is 7.76. The predicted molar refractivity (Wildman–Crippen MR) is 109 cm³/mol. The zero-order chi connectivity index (χ0) is 21.3. The Morgan fingerprint density at radius 1 is 1.13 bits per heavy atom. The van der Waals surface area contributed by atoms with E-state index in [1.165, 1.54) is 19.3 Å². The molecule has 4 bridgehead atoms. The number of nitrogens with one attached hydrogen (secondary N) is 2. The van der Waals surface area contributed by atoms with Gasteiger partial charge in [0.1, 0.15) is 12.1 Å². The van der Waals surface area contributed by atoms with E-state index < -0.39 is 24.5 Å². The second-order valence-corrected chi connectivity index (χ2v) is 9.21. The number of carbonyl (C=O) groups excluding carboxylic acids is 3. The molecule has 4 fully saturated rings. The summed E-state index contributed by atoms with van der Waals surface area (Å²) < 4.78 is 5.08. The van der Waals surface area contributed by atoms with Crippen molar-refractivity contribution in [2.75, 3.05) is 11.9 Å². The van der Waals surface area contributed by atoms with Gasteiger partial charge in [-0.1, -0.05) is 12.1 Å². The molecule has 2 N–H and O–H groups in total. The van der Waals surface area contributed by atoms with Crippen molar-refractivity contribution in [2.45, 2.75) is 51.5 Å². The lowest BCUT2D eigenvalue weighted by Crippen LogP contribution is -2.56. The second-order valence-electron chi connectivity index (χ2n) is 9.21. The van der Waals surface area contributed by atoms with E-state index in [0.29, 0.717) is 29.0 Å². The molecule has 30 heavy (non-hydrogen) atoms. The fourth-order valence-corrected chi connectivity index (χ4v) is 5.93. The first-order chi connectivity index (χ1) is 14.4. The van der Waals surface area contributed by atoms with Gasteiger partial charge < -0.3 is 15.4 Å². The van der Waals surface area contributed by atoms with Crippen molar-refractivity contribution >= 4 is 23.5 Å². The second kappa shape index (κ2) is 8.10. The van der Waals surface area contributed by atoms with E-state index in [2.05, 4.69) is 10.6 Å². The molecule has 2 amide bonds. The standard InChI is InChI=1S/C23H27N3O4/c1-14(21(28)30-13-20(27)26-19-5-3-2-4-18(19)12-24)25-22(29)23-9-15-6-16(10-23)8-17(7-15)11-23/h2-5,14-17H,6-11,13H2,1H3,(H,25,29)(H,26,27)/t14-,15?,16?,17?,23?/m0/s1. The van der Waals surface area contributed by atoms with E-state index in [9.17, 15) is 14.4 Å². The molecule has 0 heterocycles. The summed E-state index contributed by atoms with van der Waals surface area (Å²) in [6.07, 6.45) is 6.50. The Labute approximate surface area is 176 Å². The number of nitrogens with zero attached hydrogens (tertiary/aromatic N) is 1. The summed E-state index contributed by atoms with van der Waals surface area (Å²) in [4.78, 5) is 37.4. The van der Waals surface area contributed by atoms with Crippen LogP contribution in [0.3, 0.4) is 0 Å². The van der Waals surface area contributed by atoms with E-state index in [1.807, 2.05) is 6.07 Å². The van der Waals surface area contributed by atoms with Gasteiger partial charge in [0, 0.05) is 5.41 Å². The molecule has 4 aliphatic carbocycles. The van der Waals surface area contributed by atoms with E-state index in [1.54, 1.807) is 31.2 Å². The van der Waals surface area contributed by atoms with Crippen LogP contribution < -0.4 is 10.6 Å². The third-order valence-corrected chi connectivity index (χ3v) is 6.89. The van der Waals surface area contributed by atoms with Crippen LogP contribution in [-0.4, -0.2) is 30.4 Å². The van der Waals surface area contributed by atoms with Gasteiger partial charge in [-0.25, -0.2) is 4.79 Å². The number of nitriles is 1. The average molecular weight is 409 g/mol. The molecule has 5 rings (SSSR count). The summed E-state index contributed by atoms with van der Waals surface area (Å²) in [5.74, 6) is 0.707. The lowest BCUT2D eigenvalue weighted by molar-refractivity contribution is -0.154. The minimum Gasteiger partial charge on any atom is -0.454 e. The van der Waals surface area contributed by atoms with Crippen molar-refractivity contribution < 1.29 is 19.1 Å². The minimum absolute atomic E-state index is 0.0431. The molecule has 0 saturated heterocycles. The lowest BCUT2D eigenvalue weighted by atomic mass is 9.49. The highest BCUT2D eigenvalue weighted by atomic mass is 16.5. The molecule has 0 unspecified atom stereocenters. The summed E-state index contributed by atoms with van der Waals surface area (Å²) in [5, 5.41) is 14.5. The van der Waals surface area contributed by atoms with Crippen LogP contribution in [0.25, 0.3) is 0 Å². The molecular formula is C23H27N3O4. The van der Waals surface area contributed by atoms with E-state index in [0.717, 1.165) is 19.3 Å². The number of benzene rings is 1. The van der Waals surface area contributed by atoms with Crippen LogP contribution in [0.15, 0.2) is 24.3 Å². The number of rotatable bonds is 6.